The molecular weight excluding hydrogens is 324 g/mol. The molecule has 1 heterocycles. The van der Waals surface area contributed by atoms with Crippen molar-refractivity contribution >= 4 is 12.1 Å². The van der Waals surface area contributed by atoms with E-state index in [1.165, 1.54) is 0 Å². The van der Waals surface area contributed by atoms with Crippen LogP contribution in [0.5, 0.6) is 11.5 Å². The fraction of sp³-hybridized carbons (Fsp3) is 0.556. The van der Waals surface area contributed by atoms with Crippen LogP contribution in [0.2, 0.25) is 0 Å². The quantitative estimate of drug-likeness (QED) is 0.547. The average Bonchev–Trinajstić information content (AvgIpc) is 3.00. The Bertz CT molecular complexity index is 597. The van der Waals surface area contributed by atoms with Crippen molar-refractivity contribution in [1.82, 2.24) is 5.43 Å². The highest BCUT2D eigenvalue weighted by Crippen LogP contribution is 2.28. The van der Waals surface area contributed by atoms with E-state index in [4.69, 9.17) is 18.9 Å². The van der Waals surface area contributed by atoms with E-state index in [-0.39, 0.29) is 12.3 Å². The van der Waals surface area contributed by atoms with Gasteiger partial charge in [-0.1, -0.05) is 6.92 Å². The monoisotopic (exact) mass is 350 g/mol. The van der Waals surface area contributed by atoms with Crippen molar-refractivity contribution in [3.05, 3.63) is 23.8 Å². The van der Waals surface area contributed by atoms with Gasteiger partial charge in [0.1, 0.15) is 0 Å². The SMILES string of the molecule is CCCOc1ccc(/C=N\NC(=O)CC2(C)OCCO2)cc1OCC. The molecular formula is C18H26N2O5. The highest BCUT2D eigenvalue weighted by Gasteiger charge is 2.33. The van der Waals surface area contributed by atoms with Crippen molar-refractivity contribution in [2.24, 2.45) is 5.10 Å². The van der Waals surface area contributed by atoms with Gasteiger partial charge in [-0.3, -0.25) is 4.79 Å². The highest BCUT2D eigenvalue weighted by molar-refractivity contribution is 5.83. The number of nitrogens with zero attached hydrogens (tertiary/aromatic N) is 1. The third kappa shape index (κ3) is 6.03. The number of amides is 1. The first kappa shape index (κ1) is 19.2. The van der Waals surface area contributed by atoms with Crippen LogP contribution in [0.15, 0.2) is 23.3 Å². The molecule has 1 aromatic carbocycles. The molecule has 1 aliphatic heterocycles. The normalized spacial score (nSPS) is 16.1. The molecule has 0 aromatic heterocycles. The topological polar surface area (TPSA) is 78.4 Å². The summed E-state index contributed by atoms with van der Waals surface area (Å²) in [5, 5.41) is 3.98. The van der Waals surface area contributed by atoms with Crippen LogP contribution < -0.4 is 14.9 Å². The van der Waals surface area contributed by atoms with Gasteiger partial charge in [0.25, 0.3) is 0 Å². The zero-order valence-electron chi connectivity index (χ0n) is 15.0. The second-order valence-corrected chi connectivity index (χ2v) is 5.79. The largest absolute Gasteiger partial charge is 0.490 e. The second-order valence-electron chi connectivity index (χ2n) is 5.79. The van der Waals surface area contributed by atoms with Gasteiger partial charge in [-0.15, -0.1) is 0 Å². The Hall–Kier alpha value is -2.12. The third-order valence-electron chi connectivity index (χ3n) is 3.51. The van der Waals surface area contributed by atoms with Gasteiger partial charge in [0.15, 0.2) is 17.3 Å². The number of hydrogen-bond acceptors (Lipinski definition) is 6. The minimum atomic E-state index is -0.861. The minimum Gasteiger partial charge on any atom is -0.490 e. The second kappa shape index (κ2) is 9.39. The smallest absolute Gasteiger partial charge is 0.245 e. The Morgan fingerprint density at radius 2 is 2.04 bits per heavy atom. The van der Waals surface area contributed by atoms with Crippen LogP contribution in [0.25, 0.3) is 0 Å². The molecule has 0 saturated carbocycles. The summed E-state index contributed by atoms with van der Waals surface area (Å²) in [6.07, 6.45) is 2.58. The average molecular weight is 350 g/mol. The van der Waals surface area contributed by atoms with Gasteiger partial charge in [-0.05, 0) is 44.0 Å². The molecule has 7 nitrogen and oxygen atoms in total. The lowest BCUT2D eigenvalue weighted by Gasteiger charge is -2.20. The van der Waals surface area contributed by atoms with Gasteiger partial charge in [-0.2, -0.15) is 5.10 Å². The number of benzene rings is 1. The first-order chi connectivity index (χ1) is 12.1. The molecule has 0 aliphatic carbocycles. The van der Waals surface area contributed by atoms with Crippen molar-refractivity contribution in [2.45, 2.75) is 39.4 Å². The summed E-state index contributed by atoms with van der Waals surface area (Å²) in [7, 11) is 0. The van der Waals surface area contributed by atoms with Crippen LogP contribution in [0.1, 0.15) is 39.2 Å². The lowest BCUT2D eigenvalue weighted by atomic mass is 10.2. The van der Waals surface area contributed by atoms with Crippen molar-refractivity contribution < 1.29 is 23.7 Å². The fourth-order valence-electron chi connectivity index (χ4n) is 2.37. The molecule has 1 aromatic rings. The Morgan fingerprint density at radius 3 is 2.72 bits per heavy atom. The molecule has 0 unspecified atom stereocenters. The Morgan fingerprint density at radius 1 is 1.28 bits per heavy atom. The van der Waals surface area contributed by atoms with Crippen LogP contribution in [0.3, 0.4) is 0 Å². The molecule has 2 rings (SSSR count). The summed E-state index contributed by atoms with van der Waals surface area (Å²) >= 11 is 0. The van der Waals surface area contributed by atoms with Gasteiger partial charge >= 0.3 is 0 Å². The summed E-state index contributed by atoms with van der Waals surface area (Å²) < 4.78 is 22.0. The van der Waals surface area contributed by atoms with Gasteiger partial charge in [0, 0.05) is 0 Å². The molecule has 0 radical (unpaired) electrons. The number of hydrazone groups is 1. The zero-order chi connectivity index (χ0) is 18.1. The van der Waals surface area contributed by atoms with E-state index in [0.29, 0.717) is 37.9 Å². The summed E-state index contributed by atoms with van der Waals surface area (Å²) in [6, 6.07) is 5.52. The van der Waals surface area contributed by atoms with Crippen LogP contribution in [-0.4, -0.2) is 44.3 Å². The molecule has 1 aliphatic rings. The maximum absolute atomic E-state index is 11.9. The van der Waals surface area contributed by atoms with Crippen molar-refractivity contribution in [3.8, 4) is 11.5 Å². The van der Waals surface area contributed by atoms with E-state index in [9.17, 15) is 4.79 Å². The van der Waals surface area contributed by atoms with Gasteiger partial charge < -0.3 is 18.9 Å². The van der Waals surface area contributed by atoms with Crippen LogP contribution >= 0.6 is 0 Å². The van der Waals surface area contributed by atoms with Gasteiger partial charge in [0.2, 0.25) is 5.91 Å². The predicted molar refractivity (Wildman–Crippen MR) is 94.1 cm³/mol. The van der Waals surface area contributed by atoms with Crippen molar-refractivity contribution in [3.63, 3.8) is 0 Å². The molecule has 1 amide bonds. The molecule has 1 N–H and O–H groups in total. The lowest BCUT2D eigenvalue weighted by molar-refractivity contribution is -0.159. The van der Waals surface area contributed by atoms with E-state index in [0.717, 1.165) is 12.0 Å². The van der Waals surface area contributed by atoms with E-state index in [1.807, 2.05) is 32.0 Å². The molecule has 1 saturated heterocycles. The maximum atomic E-state index is 11.9. The summed E-state index contributed by atoms with van der Waals surface area (Å²) in [6.45, 7) is 7.88. The Labute approximate surface area is 148 Å². The predicted octanol–water partition coefficient (Wildman–Crippen LogP) is 2.48. The third-order valence-corrected chi connectivity index (χ3v) is 3.51. The molecule has 0 atom stereocenters. The number of hydrogen-bond donors (Lipinski definition) is 1. The van der Waals surface area contributed by atoms with Crippen molar-refractivity contribution in [2.75, 3.05) is 26.4 Å². The summed E-state index contributed by atoms with van der Waals surface area (Å²) in [5.74, 6) is 0.230. The molecule has 0 bridgehead atoms. The molecule has 7 heteroatoms. The zero-order valence-corrected chi connectivity index (χ0v) is 15.0. The van der Waals surface area contributed by atoms with Gasteiger partial charge in [0.05, 0.1) is 39.1 Å². The summed E-state index contributed by atoms with van der Waals surface area (Å²) in [4.78, 5) is 11.9. The van der Waals surface area contributed by atoms with E-state index >= 15 is 0 Å². The molecule has 0 spiro atoms. The number of carbonyl (C=O) groups excluding carboxylic acids is 1. The number of carbonyl (C=O) groups is 1. The minimum absolute atomic E-state index is 0.0956. The van der Waals surface area contributed by atoms with E-state index in [1.54, 1.807) is 13.1 Å². The standard InChI is InChI=1S/C18H26N2O5/c1-4-8-23-15-7-6-14(11-16(15)22-5-2)13-19-20-17(21)12-18(3)24-9-10-25-18/h6-7,11,13H,4-5,8-10,12H2,1-3H3,(H,20,21)/b19-13-. The van der Waals surface area contributed by atoms with Crippen LogP contribution in [-0.2, 0) is 14.3 Å². The lowest BCUT2D eigenvalue weighted by Crippen LogP contribution is -2.33. The molecule has 25 heavy (non-hydrogen) atoms. The first-order valence-electron chi connectivity index (χ1n) is 8.56. The van der Waals surface area contributed by atoms with Crippen molar-refractivity contribution in [1.29, 1.82) is 0 Å². The highest BCUT2D eigenvalue weighted by atomic mass is 16.7. The Balaban J connectivity index is 1.93. The van der Waals surface area contributed by atoms with Crippen LogP contribution in [0, 0.1) is 0 Å². The van der Waals surface area contributed by atoms with E-state index in [2.05, 4.69) is 10.5 Å². The Kier molecular flexibility index (Phi) is 7.21. The molecule has 1 fully saturated rings. The van der Waals surface area contributed by atoms with E-state index < -0.39 is 5.79 Å². The first-order valence-corrected chi connectivity index (χ1v) is 8.56. The number of rotatable bonds is 9. The number of ether oxygens (including phenoxy) is 4. The van der Waals surface area contributed by atoms with Gasteiger partial charge in [-0.25, -0.2) is 5.43 Å². The molecule has 138 valence electrons. The van der Waals surface area contributed by atoms with Crippen LogP contribution in [0.4, 0.5) is 0 Å². The fourth-order valence-corrected chi connectivity index (χ4v) is 2.37. The summed E-state index contributed by atoms with van der Waals surface area (Å²) in [5.41, 5.74) is 3.28. The maximum Gasteiger partial charge on any atom is 0.245 e. The number of nitrogens with one attached hydrogen (secondary N) is 1.